The van der Waals surface area contributed by atoms with E-state index in [2.05, 4.69) is 51.5 Å². The van der Waals surface area contributed by atoms with Crippen molar-refractivity contribution in [1.82, 2.24) is 24.9 Å². The normalized spacial score (nSPS) is 17.9. The van der Waals surface area contributed by atoms with Crippen molar-refractivity contribution >= 4 is 17.8 Å². The lowest BCUT2D eigenvalue weighted by Gasteiger charge is -2.32. The van der Waals surface area contributed by atoms with Crippen LogP contribution in [0.25, 0.3) is 6.08 Å². The molecule has 39 heavy (non-hydrogen) atoms. The van der Waals surface area contributed by atoms with Gasteiger partial charge in [-0.3, -0.25) is 19.2 Å². The van der Waals surface area contributed by atoms with Gasteiger partial charge in [-0.1, -0.05) is 60.7 Å². The largest absolute Gasteiger partial charge is 0.322 e. The van der Waals surface area contributed by atoms with Gasteiger partial charge in [0.05, 0.1) is 18.3 Å². The fourth-order valence-corrected chi connectivity index (χ4v) is 5.43. The molecule has 1 amide bonds. The summed E-state index contributed by atoms with van der Waals surface area (Å²) in [5, 5.41) is 7.31. The quantitative estimate of drug-likeness (QED) is 0.514. The number of allylic oxidation sites excluding steroid dienone is 4. The fraction of sp³-hybridized carbons (Fsp3) is 0.281. The van der Waals surface area contributed by atoms with Crippen LogP contribution < -0.4 is 5.32 Å². The Kier molecular flexibility index (Phi) is 7.09. The number of carbonyl (C=O) groups excluding carboxylic acids is 2. The molecule has 1 aromatic heterocycles. The third-order valence-electron chi connectivity index (χ3n) is 7.72. The molecule has 0 saturated carbocycles. The molecule has 1 N–H and O–H groups in total. The molecule has 0 radical (unpaired) electrons. The van der Waals surface area contributed by atoms with Crippen LogP contribution in [0.15, 0.2) is 89.9 Å². The summed E-state index contributed by atoms with van der Waals surface area (Å²) in [7, 11) is 2.17. The minimum atomic E-state index is -0.234. The Morgan fingerprint density at radius 3 is 2.62 bits per heavy atom. The molecule has 2 aromatic carbocycles. The van der Waals surface area contributed by atoms with Gasteiger partial charge < -0.3 is 10.2 Å². The molecule has 7 heteroatoms. The molecule has 2 aliphatic carbocycles. The van der Waals surface area contributed by atoms with Crippen LogP contribution in [-0.2, 0) is 24.3 Å². The van der Waals surface area contributed by atoms with Crippen LogP contribution in [0, 0.1) is 0 Å². The summed E-state index contributed by atoms with van der Waals surface area (Å²) in [5.41, 5.74) is 7.69. The van der Waals surface area contributed by atoms with Gasteiger partial charge >= 0.3 is 0 Å². The summed E-state index contributed by atoms with van der Waals surface area (Å²) in [5.74, 6) is -0.150. The highest BCUT2D eigenvalue weighted by atomic mass is 16.1. The van der Waals surface area contributed by atoms with Gasteiger partial charge in [0.15, 0.2) is 5.78 Å². The zero-order valence-electron chi connectivity index (χ0n) is 22.3. The molecule has 0 unspecified atom stereocenters. The van der Waals surface area contributed by atoms with Crippen molar-refractivity contribution in [2.75, 3.05) is 33.2 Å². The average Bonchev–Trinajstić information content (AvgIpc) is 3.59. The third kappa shape index (κ3) is 5.85. The van der Waals surface area contributed by atoms with E-state index in [9.17, 15) is 9.59 Å². The van der Waals surface area contributed by atoms with Crippen LogP contribution in [-0.4, -0.2) is 64.5 Å². The Morgan fingerprint density at radius 1 is 0.974 bits per heavy atom. The molecule has 0 spiro atoms. The molecular formula is C32H33N5O2. The lowest BCUT2D eigenvalue weighted by molar-refractivity contribution is -0.114. The lowest BCUT2D eigenvalue weighted by Crippen LogP contribution is -2.43. The van der Waals surface area contributed by atoms with Crippen molar-refractivity contribution < 1.29 is 9.59 Å². The maximum atomic E-state index is 12.9. The SMILES string of the molecule is CN1CCN(Cc2ccc3c(c2)C=C(C2=CC(NC(=O)c4cnn(Cc5ccccc5)c4)=CCC2=O)C3)CC1. The predicted molar refractivity (Wildman–Crippen MR) is 152 cm³/mol. The van der Waals surface area contributed by atoms with E-state index < -0.39 is 0 Å². The highest BCUT2D eigenvalue weighted by Crippen LogP contribution is 2.33. The number of likely N-dealkylation sites (N-methyl/N-ethyl adjacent to an activating group) is 1. The van der Waals surface area contributed by atoms with Crippen LogP contribution in [0.1, 0.15) is 39.0 Å². The number of nitrogens with one attached hydrogen (secondary N) is 1. The first kappa shape index (κ1) is 25.2. The summed E-state index contributed by atoms with van der Waals surface area (Å²) in [6.07, 6.45) is 10.1. The first-order valence-electron chi connectivity index (χ1n) is 13.6. The Balaban J connectivity index is 1.12. The first-order chi connectivity index (χ1) is 19.0. The number of fused-ring (bicyclic) bond motifs is 1. The number of amides is 1. The summed E-state index contributed by atoms with van der Waals surface area (Å²) in [6, 6.07) is 16.7. The van der Waals surface area contributed by atoms with Gasteiger partial charge in [-0.05, 0) is 47.4 Å². The average molecular weight is 520 g/mol. The van der Waals surface area contributed by atoms with Gasteiger partial charge in [-0.2, -0.15) is 5.10 Å². The highest BCUT2D eigenvalue weighted by molar-refractivity contribution is 6.04. The van der Waals surface area contributed by atoms with E-state index in [4.69, 9.17) is 0 Å². The third-order valence-corrected chi connectivity index (χ3v) is 7.72. The molecule has 1 saturated heterocycles. The van der Waals surface area contributed by atoms with Gasteiger partial charge in [0, 0.05) is 56.6 Å². The number of ketones is 1. The van der Waals surface area contributed by atoms with Crippen molar-refractivity contribution in [3.05, 3.63) is 118 Å². The molecule has 198 valence electrons. The van der Waals surface area contributed by atoms with E-state index >= 15 is 0 Å². The minimum Gasteiger partial charge on any atom is -0.322 e. The number of aromatic nitrogens is 2. The van der Waals surface area contributed by atoms with Crippen molar-refractivity contribution in [3.8, 4) is 0 Å². The molecule has 2 heterocycles. The van der Waals surface area contributed by atoms with Gasteiger partial charge in [0.1, 0.15) is 0 Å². The maximum absolute atomic E-state index is 12.9. The van der Waals surface area contributed by atoms with E-state index in [1.165, 1.54) is 16.7 Å². The second kappa shape index (κ2) is 11.0. The second-order valence-electron chi connectivity index (χ2n) is 10.7. The summed E-state index contributed by atoms with van der Waals surface area (Å²) in [4.78, 5) is 30.7. The number of Topliss-reactive ketones (excluding diaryl/α,β-unsaturated/α-hetero) is 1. The van der Waals surface area contributed by atoms with Crippen LogP contribution >= 0.6 is 0 Å². The zero-order chi connectivity index (χ0) is 26.8. The maximum Gasteiger partial charge on any atom is 0.258 e. The molecule has 7 nitrogen and oxygen atoms in total. The summed E-state index contributed by atoms with van der Waals surface area (Å²) in [6.45, 7) is 5.94. The number of nitrogens with zero attached hydrogens (tertiary/aromatic N) is 4. The van der Waals surface area contributed by atoms with Crippen LogP contribution in [0.2, 0.25) is 0 Å². The Hall–Kier alpha value is -4.07. The number of piperazine rings is 1. The second-order valence-corrected chi connectivity index (χ2v) is 10.7. The highest BCUT2D eigenvalue weighted by Gasteiger charge is 2.24. The number of hydrogen-bond acceptors (Lipinski definition) is 5. The van der Waals surface area contributed by atoms with Gasteiger partial charge in [-0.15, -0.1) is 0 Å². The smallest absolute Gasteiger partial charge is 0.258 e. The molecule has 0 atom stereocenters. The van der Waals surface area contributed by atoms with E-state index in [1.54, 1.807) is 23.2 Å². The topological polar surface area (TPSA) is 70.5 Å². The molecule has 0 bridgehead atoms. The number of benzene rings is 2. The Labute approximate surface area is 229 Å². The number of rotatable bonds is 7. The monoisotopic (exact) mass is 519 g/mol. The Bertz CT molecular complexity index is 1490. The molecule has 1 fully saturated rings. The van der Waals surface area contributed by atoms with Crippen LogP contribution in [0.3, 0.4) is 0 Å². The zero-order valence-corrected chi connectivity index (χ0v) is 22.3. The molecule has 1 aliphatic heterocycles. The lowest BCUT2D eigenvalue weighted by atomic mass is 9.93. The molecule has 6 rings (SSSR count). The van der Waals surface area contributed by atoms with Crippen LogP contribution in [0.5, 0.6) is 0 Å². The van der Waals surface area contributed by atoms with Gasteiger partial charge in [0.2, 0.25) is 0 Å². The van der Waals surface area contributed by atoms with E-state index in [0.29, 0.717) is 23.4 Å². The predicted octanol–water partition coefficient (Wildman–Crippen LogP) is 3.83. The van der Waals surface area contributed by atoms with E-state index in [1.807, 2.05) is 36.4 Å². The molecule has 3 aliphatic rings. The number of hydrogen-bond donors (Lipinski definition) is 1. The van der Waals surface area contributed by atoms with E-state index in [0.717, 1.165) is 50.3 Å². The minimum absolute atomic E-state index is 0.0837. The fourth-order valence-electron chi connectivity index (χ4n) is 5.43. The van der Waals surface area contributed by atoms with E-state index in [-0.39, 0.29) is 18.1 Å². The molecular weight excluding hydrogens is 486 g/mol. The van der Waals surface area contributed by atoms with Crippen molar-refractivity contribution in [1.29, 1.82) is 0 Å². The standard InChI is InChI=1S/C32H33N5O2/c1-35-11-13-36(14-12-35)20-24-7-8-25-16-27(17-26(25)15-24)30-18-29(9-10-31(30)38)34-32(39)28-19-33-37(22-28)21-23-5-3-2-4-6-23/h2-9,15,17-19,22H,10-14,16,20-21H2,1H3,(H,34,39). The molecule has 3 aromatic rings. The van der Waals surface area contributed by atoms with Crippen molar-refractivity contribution in [2.45, 2.75) is 25.9 Å². The van der Waals surface area contributed by atoms with Gasteiger partial charge in [-0.25, -0.2) is 0 Å². The summed E-state index contributed by atoms with van der Waals surface area (Å²) >= 11 is 0. The van der Waals surface area contributed by atoms with Crippen molar-refractivity contribution in [2.24, 2.45) is 0 Å². The van der Waals surface area contributed by atoms with Gasteiger partial charge in [0.25, 0.3) is 5.91 Å². The first-order valence-corrected chi connectivity index (χ1v) is 13.6. The summed E-state index contributed by atoms with van der Waals surface area (Å²) < 4.78 is 1.75. The Morgan fingerprint density at radius 2 is 1.79 bits per heavy atom. The van der Waals surface area contributed by atoms with Crippen molar-refractivity contribution in [3.63, 3.8) is 0 Å². The van der Waals surface area contributed by atoms with Crippen LogP contribution in [0.4, 0.5) is 0 Å². The number of carbonyl (C=O) groups is 2.